The molecule has 0 radical (unpaired) electrons. The highest BCUT2D eigenvalue weighted by Crippen LogP contribution is 2.46. The van der Waals surface area contributed by atoms with Crippen LogP contribution in [0.2, 0.25) is 0 Å². The summed E-state index contributed by atoms with van der Waals surface area (Å²) in [5, 5.41) is 15.9. The Morgan fingerprint density at radius 2 is 0.945 bits per heavy atom. The number of hydrogen-bond donors (Lipinski definition) is 0. The van der Waals surface area contributed by atoms with Gasteiger partial charge in [0, 0.05) is 43.3 Å². The minimum absolute atomic E-state index is 0.540. The van der Waals surface area contributed by atoms with E-state index >= 15 is 0 Å². The molecule has 0 unspecified atom stereocenters. The van der Waals surface area contributed by atoms with Gasteiger partial charge in [-0.1, -0.05) is 140 Å². The Hall–Kier alpha value is -7.50. The molecular weight excluding hydrogens is 675 g/mol. The van der Waals surface area contributed by atoms with Crippen molar-refractivity contribution < 1.29 is 8.83 Å². The van der Waals surface area contributed by atoms with E-state index in [9.17, 15) is 0 Å². The van der Waals surface area contributed by atoms with Crippen molar-refractivity contribution in [3.63, 3.8) is 0 Å². The van der Waals surface area contributed by atoms with E-state index in [0.29, 0.717) is 11.7 Å². The molecule has 0 atom stereocenters. The Morgan fingerprint density at radius 3 is 1.73 bits per heavy atom. The summed E-state index contributed by atoms with van der Waals surface area (Å²) in [4.78, 5) is 11.0. The van der Waals surface area contributed by atoms with Gasteiger partial charge in [-0.25, -0.2) is 4.98 Å². The van der Waals surface area contributed by atoms with Crippen molar-refractivity contribution in [2.75, 3.05) is 0 Å². The monoisotopic (exact) mass is 701 g/mol. The van der Waals surface area contributed by atoms with Gasteiger partial charge in [-0.2, -0.15) is 4.98 Å². The van der Waals surface area contributed by atoms with Crippen LogP contribution < -0.4 is 0 Å². The molecule has 5 nitrogen and oxygen atoms in total. The molecule has 0 bridgehead atoms. The summed E-state index contributed by atoms with van der Waals surface area (Å²) in [5.74, 6) is 0.548. The largest absolute Gasteiger partial charge is 0.456 e. The summed E-state index contributed by atoms with van der Waals surface area (Å²) in [7, 11) is 0. The second-order valence-corrected chi connectivity index (χ2v) is 14.4. The number of nitrogens with zero attached hydrogens (tertiary/aromatic N) is 3. The third-order valence-corrected chi connectivity index (χ3v) is 11.6. The molecular formula is C50H27N3O2. The van der Waals surface area contributed by atoms with E-state index < -0.39 is 0 Å². The number of rotatable bonds is 2. The maximum atomic E-state index is 6.63. The lowest BCUT2D eigenvalue weighted by molar-refractivity contribution is 0.651. The zero-order valence-corrected chi connectivity index (χ0v) is 29.2. The molecule has 55 heavy (non-hydrogen) atoms. The average molecular weight is 702 g/mol. The second-order valence-electron chi connectivity index (χ2n) is 14.4. The standard InChI is InChI=1S/C50H27N3O2/c1-2-13-29-28(12-1)24-25-38-45-39(27-26-34-32-16-4-3-14-30(32)31-15-5-6-17-33(31)44(34)45)53(48(29)38)50-51-47(46-36-19-8-10-22-41(36)55-49(46)52-50)37-20-11-23-42-43(37)35-18-7-9-21-40(35)54-42/h1-27H. The molecule has 0 saturated heterocycles. The molecule has 9 aromatic carbocycles. The van der Waals surface area contributed by atoms with Gasteiger partial charge >= 0.3 is 0 Å². The Morgan fingerprint density at radius 1 is 0.364 bits per heavy atom. The summed E-state index contributed by atoms with van der Waals surface area (Å²) in [6.07, 6.45) is 0. The van der Waals surface area contributed by atoms with Gasteiger partial charge in [0.05, 0.1) is 22.1 Å². The van der Waals surface area contributed by atoms with E-state index in [1.54, 1.807) is 0 Å². The highest BCUT2D eigenvalue weighted by atomic mass is 16.3. The molecule has 0 amide bonds. The van der Waals surface area contributed by atoms with E-state index in [1.165, 1.54) is 37.7 Å². The molecule has 0 spiro atoms. The molecule has 0 aliphatic rings. The number of hydrogen-bond acceptors (Lipinski definition) is 4. The first-order chi connectivity index (χ1) is 27.3. The van der Waals surface area contributed by atoms with Crippen molar-refractivity contribution in [2.45, 2.75) is 0 Å². The molecule has 0 aliphatic heterocycles. The first-order valence-electron chi connectivity index (χ1n) is 18.6. The molecule has 0 N–H and O–H groups in total. The number of aromatic nitrogens is 3. The molecule has 4 aromatic heterocycles. The highest BCUT2D eigenvalue weighted by molar-refractivity contribution is 6.36. The molecule has 0 aliphatic carbocycles. The van der Waals surface area contributed by atoms with Crippen molar-refractivity contribution in [2.24, 2.45) is 0 Å². The lowest BCUT2D eigenvalue weighted by Gasteiger charge is -2.13. The molecule has 0 fully saturated rings. The minimum atomic E-state index is 0.540. The quantitative estimate of drug-likeness (QED) is 0.168. The van der Waals surface area contributed by atoms with Crippen LogP contribution in [0.3, 0.4) is 0 Å². The molecule has 254 valence electrons. The van der Waals surface area contributed by atoms with Crippen LogP contribution in [-0.2, 0) is 0 Å². The summed E-state index contributed by atoms with van der Waals surface area (Å²) in [5.41, 5.74) is 6.83. The number of fused-ring (bicyclic) bond motifs is 18. The van der Waals surface area contributed by atoms with Gasteiger partial charge in [0.15, 0.2) is 0 Å². The zero-order chi connectivity index (χ0) is 35.8. The molecule has 5 heteroatoms. The number of benzene rings is 9. The molecule has 13 rings (SSSR count). The van der Waals surface area contributed by atoms with Crippen LogP contribution in [0.15, 0.2) is 173 Å². The lowest BCUT2D eigenvalue weighted by Crippen LogP contribution is -2.03. The third kappa shape index (κ3) is 3.81. The van der Waals surface area contributed by atoms with Crippen molar-refractivity contribution in [3.05, 3.63) is 164 Å². The fourth-order valence-electron chi connectivity index (χ4n) is 9.35. The van der Waals surface area contributed by atoms with E-state index in [2.05, 4.69) is 126 Å². The van der Waals surface area contributed by atoms with Crippen LogP contribution in [0.25, 0.3) is 126 Å². The van der Waals surface area contributed by atoms with Gasteiger partial charge in [-0.15, -0.1) is 0 Å². The van der Waals surface area contributed by atoms with Gasteiger partial charge in [-0.05, 0) is 56.6 Å². The van der Waals surface area contributed by atoms with Crippen LogP contribution in [0.4, 0.5) is 0 Å². The van der Waals surface area contributed by atoms with Crippen LogP contribution in [0, 0.1) is 0 Å². The Labute approximate surface area is 312 Å². The van der Waals surface area contributed by atoms with E-state index in [0.717, 1.165) is 76.7 Å². The zero-order valence-electron chi connectivity index (χ0n) is 29.2. The summed E-state index contributed by atoms with van der Waals surface area (Å²) < 4.78 is 15.3. The van der Waals surface area contributed by atoms with E-state index in [4.69, 9.17) is 18.8 Å². The number of para-hydroxylation sites is 2. The van der Waals surface area contributed by atoms with Crippen LogP contribution in [-0.4, -0.2) is 14.5 Å². The lowest BCUT2D eigenvalue weighted by atomic mass is 9.91. The fourth-order valence-corrected chi connectivity index (χ4v) is 9.35. The molecule has 4 heterocycles. The molecule has 13 aromatic rings. The van der Waals surface area contributed by atoms with Crippen molar-refractivity contribution >= 4 is 109 Å². The third-order valence-electron chi connectivity index (χ3n) is 11.6. The van der Waals surface area contributed by atoms with Crippen molar-refractivity contribution in [1.29, 1.82) is 0 Å². The van der Waals surface area contributed by atoms with Crippen LogP contribution in [0.5, 0.6) is 0 Å². The average Bonchev–Trinajstić information content (AvgIpc) is 3.93. The Kier molecular flexibility index (Phi) is 5.57. The predicted octanol–water partition coefficient (Wildman–Crippen LogP) is 13.7. The Balaban J connectivity index is 1.25. The smallest absolute Gasteiger partial charge is 0.238 e. The van der Waals surface area contributed by atoms with E-state index in [-0.39, 0.29) is 0 Å². The summed E-state index contributed by atoms with van der Waals surface area (Å²) >= 11 is 0. The van der Waals surface area contributed by atoms with Crippen molar-refractivity contribution in [1.82, 2.24) is 14.5 Å². The molecule has 0 saturated carbocycles. The fraction of sp³-hybridized carbons (Fsp3) is 0. The first kappa shape index (κ1) is 29.0. The topological polar surface area (TPSA) is 57.0 Å². The van der Waals surface area contributed by atoms with Gasteiger partial charge in [-0.3, -0.25) is 4.57 Å². The number of furan rings is 2. The normalized spacial score (nSPS) is 12.4. The van der Waals surface area contributed by atoms with Crippen LogP contribution >= 0.6 is 0 Å². The summed E-state index contributed by atoms with van der Waals surface area (Å²) in [6.45, 7) is 0. The highest BCUT2D eigenvalue weighted by Gasteiger charge is 2.25. The van der Waals surface area contributed by atoms with Crippen LogP contribution in [0.1, 0.15) is 0 Å². The second kappa shape index (κ2) is 10.6. The van der Waals surface area contributed by atoms with Gasteiger partial charge in [0.1, 0.15) is 16.7 Å². The first-order valence-corrected chi connectivity index (χ1v) is 18.6. The van der Waals surface area contributed by atoms with Gasteiger partial charge in [0.25, 0.3) is 0 Å². The predicted molar refractivity (Wildman–Crippen MR) is 226 cm³/mol. The minimum Gasteiger partial charge on any atom is -0.456 e. The van der Waals surface area contributed by atoms with Gasteiger partial charge < -0.3 is 8.83 Å². The Bertz CT molecular complexity index is 3760. The SMILES string of the molecule is c1ccc2c(c1)ccc1c3c4c5ccccc5c5ccccc5c4ccc3n(-c3nc(-c4cccc5oc6ccccc6c45)c4c(n3)oc3ccccc34)c21. The maximum Gasteiger partial charge on any atom is 0.238 e. The van der Waals surface area contributed by atoms with Crippen molar-refractivity contribution in [3.8, 4) is 17.2 Å². The summed E-state index contributed by atoms with van der Waals surface area (Å²) in [6, 6.07) is 57.8. The van der Waals surface area contributed by atoms with Gasteiger partial charge in [0.2, 0.25) is 11.7 Å². The maximum absolute atomic E-state index is 6.63. The van der Waals surface area contributed by atoms with E-state index in [1.807, 2.05) is 42.5 Å².